The first-order valence-corrected chi connectivity index (χ1v) is 12.7. The Hall–Kier alpha value is -2.14. The summed E-state index contributed by atoms with van der Waals surface area (Å²) in [5.41, 5.74) is 1.01. The van der Waals surface area contributed by atoms with Gasteiger partial charge in [0.25, 0.3) is 0 Å². The topological polar surface area (TPSA) is 55.8 Å². The van der Waals surface area contributed by atoms with E-state index in [0.29, 0.717) is 5.92 Å². The Balaban J connectivity index is 1.48. The number of rotatable bonds is 6. The third-order valence-electron chi connectivity index (χ3n) is 7.41. The molecule has 0 amide bonds. The molecule has 0 N–H and O–H groups in total. The molecular formula is C28H39NO4. The molecule has 1 saturated carbocycles. The van der Waals surface area contributed by atoms with Crippen molar-refractivity contribution in [3.63, 3.8) is 0 Å². The number of fused-ring (bicyclic) bond motifs is 3. The van der Waals surface area contributed by atoms with Crippen molar-refractivity contribution in [1.82, 2.24) is 4.90 Å². The van der Waals surface area contributed by atoms with Gasteiger partial charge in [-0.2, -0.15) is 0 Å². The summed E-state index contributed by atoms with van der Waals surface area (Å²) < 4.78 is 11.6. The van der Waals surface area contributed by atoms with E-state index < -0.39 is 11.0 Å². The first-order chi connectivity index (χ1) is 15.7. The molecule has 1 aliphatic carbocycles. The van der Waals surface area contributed by atoms with Crippen molar-refractivity contribution >= 4 is 18.0 Å². The van der Waals surface area contributed by atoms with Crippen LogP contribution in [0.1, 0.15) is 83.3 Å². The molecule has 3 heterocycles. The highest BCUT2D eigenvalue weighted by atomic mass is 16.6. The van der Waals surface area contributed by atoms with Crippen molar-refractivity contribution in [3.05, 3.63) is 41.5 Å². The molecule has 1 unspecified atom stereocenters. The van der Waals surface area contributed by atoms with Crippen LogP contribution in [0, 0.1) is 5.92 Å². The minimum atomic E-state index is -0.556. The SMILES string of the molecule is CC(C)(C)OC(=O)C/C=C/c1cccc(C2(C(=O)OC3CN4CCC3CC4)CCCCC2)c1. The standard InChI is InChI=1S/C28H39NO4/c1-27(2,3)33-25(30)12-8-10-21-9-7-11-23(19-21)28(15-5-4-6-16-28)26(31)32-24-20-29-17-13-22(24)14-18-29/h7-11,19,22,24H,4-6,12-18,20H2,1-3H3/b10-8+. The van der Waals surface area contributed by atoms with E-state index in [4.69, 9.17) is 9.47 Å². The summed E-state index contributed by atoms with van der Waals surface area (Å²) in [5.74, 6) is 0.248. The smallest absolute Gasteiger partial charge is 0.316 e. The number of piperidine rings is 3. The summed E-state index contributed by atoms with van der Waals surface area (Å²) in [5, 5.41) is 0. The summed E-state index contributed by atoms with van der Waals surface area (Å²) >= 11 is 0. The molecule has 4 fully saturated rings. The van der Waals surface area contributed by atoms with E-state index in [1.807, 2.05) is 45.1 Å². The Morgan fingerprint density at radius 2 is 1.85 bits per heavy atom. The number of hydrogen-bond donors (Lipinski definition) is 0. The van der Waals surface area contributed by atoms with Gasteiger partial charge in [0.1, 0.15) is 11.7 Å². The zero-order valence-electron chi connectivity index (χ0n) is 20.5. The van der Waals surface area contributed by atoms with Crippen molar-refractivity contribution in [2.45, 2.75) is 89.3 Å². The lowest BCUT2D eigenvalue weighted by Gasteiger charge is -2.45. The largest absolute Gasteiger partial charge is 0.460 e. The maximum atomic E-state index is 13.7. The summed E-state index contributed by atoms with van der Waals surface area (Å²) in [6.45, 7) is 8.78. The summed E-state index contributed by atoms with van der Waals surface area (Å²) in [4.78, 5) is 28.1. The van der Waals surface area contributed by atoms with Gasteiger partial charge in [-0.25, -0.2) is 0 Å². The predicted molar refractivity (Wildman–Crippen MR) is 130 cm³/mol. The number of ether oxygens (including phenoxy) is 2. The van der Waals surface area contributed by atoms with Gasteiger partial charge in [0.2, 0.25) is 0 Å². The first-order valence-electron chi connectivity index (χ1n) is 12.7. The van der Waals surface area contributed by atoms with Crippen LogP contribution in [0.3, 0.4) is 0 Å². The van der Waals surface area contributed by atoms with Gasteiger partial charge >= 0.3 is 11.9 Å². The quantitative estimate of drug-likeness (QED) is 0.549. The van der Waals surface area contributed by atoms with Gasteiger partial charge in [-0.1, -0.05) is 55.7 Å². The van der Waals surface area contributed by atoms with E-state index in [1.54, 1.807) is 0 Å². The number of nitrogens with zero attached hydrogens (tertiary/aromatic N) is 1. The van der Waals surface area contributed by atoms with Gasteiger partial charge in [0, 0.05) is 6.54 Å². The molecule has 33 heavy (non-hydrogen) atoms. The van der Waals surface area contributed by atoms with Crippen molar-refractivity contribution in [3.8, 4) is 0 Å². The van der Waals surface area contributed by atoms with Crippen LogP contribution in [-0.2, 0) is 24.5 Å². The zero-order valence-corrected chi connectivity index (χ0v) is 20.5. The molecule has 0 radical (unpaired) electrons. The van der Waals surface area contributed by atoms with Gasteiger partial charge in [-0.15, -0.1) is 0 Å². The van der Waals surface area contributed by atoms with Gasteiger partial charge in [0.15, 0.2) is 0 Å². The molecular weight excluding hydrogens is 414 g/mol. The van der Waals surface area contributed by atoms with E-state index in [0.717, 1.165) is 69.3 Å². The van der Waals surface area contributed by atoms with E-state index in [9.17, 15) is 9.59 Å². The zero-order chi connectivity index (χ0) is 23.5. The summed E-state index contributed by atoms with van der Waals surface area (Å²) in [7, 11) is 0. The minimum Gasteiger partial charge on any atom is -0.460 e. The molecule has 1 aromatic rings. The van der Waals surface area contributed by atoms with Crippen LogP contribution in [0.25, 0.3) is 6.08 Å². The molecule has 180 valence electrons. The van der Waals surface area contributed by atoms with Crippen LogP contribution in [0.5, 0.6) is 0 Å². The van der Waals surface area contributed by atoms with Gasteiger partial charge in [0.05, 0.1) is 11.8 Å². The lowest BCUT2D eigenvalue weighted by Crippen LogP contribution is -2.53. The first kappa shape index (κ1) is 24.0. The van der Waals surface area contributed by atoms with Crippen molar-refractivity contribution in [2.75, 3.05) is 19.6 Å². The van der Waals surface area contributed by atoms with Gasteiger partial charge in [-0.05, 0) is 76.6 Å². The molecule has 4 aliphatic rings. The fourth-order valence-electron chi connectivity index (χ4n) is 5.68. The monoisotopic (exact) mass is 453 g/mol. The number of hydrogen-bond acceptors (Lipinski definition) is 5. The second kappa shape index (κ2) is 10.0. The third kappa shape index (κ3) is 5.87. The van der Waals surface area contributed by atoms with Crippen molar-refractivity contribution in [2.24, 2.45) is 5.92 Å². The van der Waals surface area contributed by atoms with Crippen LogP contribution >= 0.6 is 0 Å². The van der Waals surface area contributed by atoms with Crippen molar-refractivity contribution < 1.29 is 19.1 Å². The normalized spacial score (nSPS) is 26.8. The van der Waals surface area contributed by atoms with E-state index >= 15 is 0 Å². The molecule has 3 aliphatic heterocycles. The molecule has 1 aromatic carbocycles. The van der Waals surface area contributed by atoms with Crippen LogP contribution in [-0.4, -0.2) is 48.2 Å². The second-order valence-corrected chi connectivity index (χ2v) is 11.0. The number of carbonyl (C=O) groups is 2. The van der Waals surface area contributed by atoms with Crippen molar-refractivity contribution in [1.29, 1.82) is 0 Å². The maximum Gasteiger partial charge on any atom is 0.316 e. The highest BCUT2D eigenvalue weighted by Gasteiger charge is 2.45. The highest BCUT2D eigenvalue weighted by molar-refractivity contribution is 5.84. The Morgan fingerprint density at radius 1 is 1.12 bits per heavy atom. The molecule has 0 aromatic heterocycles. The summed E-state index contributed by atoms with van der Waals surface area (Å²) in [6.07, 6.45) is 11.3. The third-order valence-corrected chi connectivity index (χ3v) is 7.41. The van der Waals surface area contributed by atoms with Gasteiger partial charge < -0.3 is 9.47 Å². The average Bonchev–Trinajstić information content (AvgIpc) is 2.79. The number of esters is 2. The Labute approximate surface area is 198 Å². The van der Waals surface area contributed by atoms with Crippen LogP contribution in [0.15, 0.2) is 30.3 Å². The van der Waals surface area contributed by atoms with Crippen LogP contribution < -0.4 is 0 Å². The number of carbonyl (C=O) groups excluding carboxylic acids is 2. The maximum absolute atomic E-state index is 13.7. The molecule has 5 nitrogen and oxygen atoms in total. The average molecular weight is 454 g/mol. The molecule has 2 bridgehead atoms. The lowest BCUT2D eigenvalue weighted by molar-refractivity contribution is -0.167. The molecule has 5 rings (SSSR count). The highest BCUT2D eigenvalue weighted by Crippen LogP contribution is 2.42. The molecule has 0 spiro atoms. The van der Waals surface area contributed by atoms with E-state index in [1.165, 1.54) is 6.42 Å². The van der Waals surface area contributed by atoms with Gasteiger partial charge in [-0.3, -0.25) is 14.5 Å². The second-order valence-electron chi connectivity index (χ2n) is 11.0. The predicted octanol–water partition coefficient (Wildman–Crippen LogP) is 5.27. The number of benzene rings is 1. The molecule has 1 atom stereocenters. The Bertz CT molecular complexity index is 870. The van der Waals surface area contributed by atoms with Crippen LogP contribution in [0.2, 0.25) is 0 Å². The van der Waals surface area contributed by atoms with E-state index in [2.05, 4.69) is 17.0 Å². The fraction of sp³-hybridized carbons (Fsp3) is 0.643. The fourth-order valence-corrected chi connectivity index (χ4v) is 5.68. The molecule has 3 saturated heterocycles. The lowest BCUT2D eigenvalue weighted by atomic mass is 9.69. The Kier molecular flexibility index (Phi) is 7.28. The molecule has 5 heteroatoms. The van der Waals surface area contributed by atoms with E-state index in [-0.39, 0.29) is 24.5 Å². The Morgan fingerprint density at radius 3 is 2.48 bits per heavy atom. The van der Waals surface area contributed by atoms with Crippen LogP contribution in [0.4, 0.5) is 0 Å². The summed E-state index contributed by atoms with van der Waals surface area (Å²) in [6, 6.07) is 8.22. The minimum absolute atomic E-state index is 0.0316.